The summed E-state index contributed by atoms with van der Waals surface area (Å²) in [5.41, 5.74) is 4.86. The van der Waals surface area contributed by atoms with Crippen LogP contribution in [0, 0.1) is 17.5 Å². The first-order valence-corrected chi connectivity index (χ1v) is 6.55. The minimum atomic E-state index is -1.17. The summed E-state index contributed by atoms with van der Waals surface area (Å²) in [6, 6.07) is 0.124. The van der Waals surface area contributed by atoms with Crippen molar-refractivity contribution in [3.8, 4) is 0 Å². The van der Waals surface area contributed by atoms with Gasteiger partial charge in [-0.25, -0.2) is 13.2 Å². The number of thioether (sulfide) groups is 1. The molecule has 18 heavy (non-hydrogen) atoms. The molecule has 1 rings (SSSR count). The van der Waals surface area contributed by atoms with E-state index in [-0.39, 0.29) is 0 Å². The van der Waals surface area contributed by atoms with Crippen molar-refractivity contribution in [2.24, 2.45) is 5.73 Å². The van der Waals surface area contributed by atoms with Crippen LogP contribution in [0.25, 0.3) is 0 Å². The van der Waals surface area contributed by atoms with Crippen LogP contribution in [0.5, 0.6) is 0 Å². The van der Waals surface area contributed by atoms with Gasteiger partial charge in [-0.15, -0.1) is 0 Å². The van der Waals surface area contributed by atoms with Crippen LogP contribution in [0.15, 0.2) is 12.1 Å². The average molecular weight is 278 g/mol. The number of hydrogen-bond donors (Lipinski definition) is 2. The highest BCUT2D eigenvalue weighted by atomic mass is 32.2. The Bertz CT molecular complexity index is 419. The molecule has 3 N–H and O–H groups in total. The predicted molar refractivity (Wildman–Crippen MR) is 65.9 cm³/mol. The Labute approximate surface area is 107 Å². The van der Waals surface area contributed by atoms with Gasteiger partial charge in [0.25, 0.3) is 0 Å². The quantitative estimate of drug-likeness (QED) is 0.867. The molecule has 0 saturated heterocycles. The third-order valence-electron chi connectivity index (χ3n) is 2.22. The van der Waals surface area contributed by atoms with Gasteiger partial charge in [-0.2, -0.15) is 11.8 Å². The number of halogens is 3. The molecule has 1 amide bonds. The molecule has 0 aliphatic carbocycles. The molecule has 0 bridgehead atoms. The van der Waals surface area contributed by atoms with Crippen molar-refractivity contribution in [3.05, 3.63) is 29.6 Å². The lowest BCUT2D eigenvalue weighted by Gasteiger charge is -2.12. The number of hydrogen-bond acceptors (Lipinski definition) is 3. The smallest absolute Gasteiger partial charge is 0.241 e. The van der Waals surface area contributed by atoms with Crippen LogP contribution in [0.4, 0.5) is 18.9 Å². The second-order valence-electron chi connectivity index (χ2n) is 3.62. The van der Waals surface area contributed by atoms with E-state index in [4.69, 9.17) is 5.73 Å². The zero-order valence-electron chi connectivity index (χ0n) is 9.67. The van der Waals surface area contributed by atoms with Crippen molar-refractivity contribution in [1.82, 2.24) is 0 Å². The van der Waals surface area contributed by atoms with Crippen LogP contribution in [-0.2, 0) is 4.79 Å². The van der Waals surface area contributed by atoms with E-state index >= 15 is 0 Å². The Hall–Kier alpha value is -1.21. The highest BCUT2D eigenvalue weighted by Gasteiger charge is 2.18. The van der Waals surface area contributed by atoms with Gasteiger partial charge in [-0.05, 0) is 18.4 Å². The van der Waals surface area contributed by atoms with Crippen molar-refractivity contribution >= 4 is 23.4 Å². The largest absolute Gasteiger partial charge is 0.320 e. The Balaban J connectivity index is 2.76. The van der Waals surface area contributed by atoms with E-state index in [0.29, 0.717) is 24.3 Å². The fourth-order valence-electron chi connectivity index (χ4n) is 1.25. The second kappa shape index (κ2) is 6.65. The van der Waals surface area contributed by atoms with Crippen LogP contribution >= 0.6 is 11.8 Å². The SMILES string of the molecule is CSCC[C@@H](N)C(=O)Nc1c(F)cc(F)cc1F. The summed E-state index contributed by atoms with van der Waals surface area (Å²) in [6.45, 7) is 0. The van der Waals surface area contributed by atoms with Gasteiger partial charge >= 0.3 is 0 Å². The summed E-state index contributed by atoms with van der Waals surface area (Å²) < 4.78 is 39.1. The summed E-state index contributed by atoms with van der Waals surface area (Å²) in [6.07, 6.45) is 2.24. The molecule has 0 saturated carbocycles. The Morgan fingerprint density at radius 2 is 1.94 bits per heavy atom. The van der Waals surface area contributed by atoms with Gasteiger partial charge in [-0.1, -0.05) is 0 Å². The second-order valence-corrected chi connectivity index (χ2v) is 4.61. The molecule has 0 aliphatic heterocycles. The monoisotopic (exact) mass is 278 g/mol. The van der Waals surface area contributed by atoms with Gasteiger partial charge in [0, 0.05) is 12.1 Å². The van der Waals surface area contributed by atoms with E-state index < -0.39 is 35.1 Å². The summed E-state index contributed by atoms with van der Waals surface area (Å²) in [4.78, 5) is 11.5. The van der Waals surface area contributed by atoms with E-state index in [1.165, 1.54) is 11.8 Å². The fourth-order valence-corrected chi connectivity index (χ4v) is 1.74. The number of nitrogens with one attached hydrogen (secondary N) is 1. The third-order valence-corrected chi connectivity index (χ3v) is 2.87. The lowest BCUT2D eigenvalue weighted by atomic mass is 10.2. The molecule has 1 aromatic carbocycles. The Kier molecular flexibility index (Phi) is 5.49. The molecule has 0 unspecified atom stereocenters. The number of amides is 1. The van der Waals surface area contributed by atoms with E-state index in [2.05, 4.69) is 0 Å². The number of carbonyl (C=O) groups excluding carboxylic acids is 1. The molecular weight excluding hydrogens is 265 g/mol. The van der Waals surface area contributed by atoms with Gasteiger partial charge in [0.2, 0.25) is 5.91 Å². The minimum Gasteiger partial charge on any atom is -0.320 e. The zero-order valence-corrected chi connectivity index (χ0v) is 10.5. The van der Waals surface area contributed by atoms with Crippen molar-refractivity contribution in [1.29, 1.82) is 0 Å². The summed E-state index contributed by atoms with van der Waals surface area (Å²) >= 11 is 1.50. The van der Waals surface area contributed by atoms with Crippen LogP contribution in [0.3, 0.4) is 0 Å². The van der Waals surface area contributed by atoms with Gasteiger partial charge in [0.05, 0.1) is 6.04 Å². The predicted octanol–water partition coefficient (Wildman–Crippen LogP) is 2.12. The van der Waals surface area contributed by atoms with E-state index in [1.54, 1.807) is 0 Å². The highest BCUT2D eigenvalue weighted by Crippen LogP contribution is 2.20. The topological polar surface area (TPSA) is 55.1 Å². The van der Waals surface area contributed by atoms with Gasteiger partial charge in [0.15, 0.2) is 11.6 Å². The molecule has 7 heteroatoms. The lowest BCUT2D eigenvalue weighted by molar-refractivity contribution is -0.117. The lowest BCUT2D eigenvalue weighted by Crippen LogP contribution is -2.36. The molecule has 0 aromatic heterocycles. The molecule has 1 aromatic rings. The molecule has 0 fully saturated rings. The molecule has 3 nitrogen and oxygen atoms in total. The first kappa shape index (κ1) is 14.8. The first-order valence-electron chi connectivity index (χ1n) is 5.15. The molecular formula is C11H13F3N2OS. The molecule has 0 radical (unpaired) electrons. The number of benzene rings is 1. The van der Waals surface area contributed by atoms with Crippen molar-refractivity contribution < 1.29 is 18.0 Å². The van der Waals surface area contributed by atoms with Crippen molar-refractivity contribution in [3.63, 3.8) is 0 Å². The fraction of sp³-hybridized carbons (Fsp3) is 0.364. The van der Waals surface area contributed by atoms with Crippen LogP contribution < -0.4 is 11.1 Å². The maximum Gasteiger partial charge on any atom is 0.241 e. The van der Waals surface area contributed by atoms with E-state index in [1.807, 2.05) is 11.6 Å². The zero-order chi connectivity index (χ0) is 13.7. The average Bonchev–Trinajstić information content (AvgIpc) is 2.30. The Morgan fingerprint density at radius 3 is 2.44 bits per heavy atom. The normalized spacial score (nSPS) is 12.3. The molecule has 0 spiro atoms. The number of rotatable bonds is 5. The van der Waals surface area contributed by atoms with Crippen LogP contribution in [0.2, 0.25) is 0 Å². The van der Waals surface area contributed by atoms with Crippen LogP contribution in [0.1, 0.15) is 6.42 Å². The van der Waals surface area contributed by atoms with Crippen molar-refractivity contribution in [2.45, 2.75) is 12.5 Å². The van der Waals surface area contributed by atoms with Crippen LogP contribution in [-0.4, -0.2) is 24.0 Å². The van der Waals surface area contributed by atoms with E-state index in [9.17, 15) is 18.0 Å². The van der Waals surface area contributed by atoms with Gasteiger partial charge in [-0.3, -0.25) is 4.79 Å². The maximum absolute atomic E-state index is 13.2. The van der Waals surface area contributed by atoms with Gasteiger partial charge < -0.3 is 11.1 Å². The van der Waals surface area contributed by atoms with E-state index in [0.717, 1.165) is 0 Å². The van der Waals surface area contributed by atoms with Crippen molar-refractivity contribution in [2.75, 3.05) is 17.3 Å². The third kappa shape index (κ3) is 3.92. The number of nitrogens with two attached hydrogens (primary N) is 1. The molecule has 0 aliphatic rings. The Morgan fingerprint density at radius 1 is 1.39 bits per heavy atom. The first-order chi connectivity index (χ1) is 8.45. The standard InChI is InChI=1S/C11H13F3N2OS/c1-18-3-2-9(15)11(17)16-10-7(13)4-6(12)5-8(10)14/h4-5,9H,2-3,15H2,1H3,(H,16,17)/t9-/m1/s1. The molecule has 1 atom stereocenters. The summed E-state index contributed by atoms with van der Waals surface area (Å²) in [7, 11) is 0. The summed E-state index contributed by atoms with van der Waals surface area (Å²) in [5.74, 6) is -3.43. The highest BCUT2D eigenvalue weighted by molar-refractivity contribution is 7.98. The van der Waals surface area contributed by atoms with Gasteiger partial charge in [0.1, 0.15) is 11.5 Å². The minimum absolute atomic E-state index is 0.386. The molecule has 0 heterocycles. The molecule has 100 valence electrons. The maximum atomic E-state index is 13.2. The number of carbonyl (C=O) groups is 1. The summed E-state index contributed by atoms with van der Waals surface area (Å²) in [5, 5.41) is 2.02. The number of anilines is 1.